The number of aryl methyl sites for hydroxylation is 1. The van der Waals surface area contributed by atoms with E-state index in [4.69, 9.17) is 9.47 Å². The molecule has 1 unspecified atom stereocenters. The van der Waals surface area contributed by atoms with Gasteiger partial charge in [0.25, 0.3) is 0 Å². The first-order chi connectivity index (χ1) is 14.2. The molecule has 2 aliphatic heterocycles. The third-order valence-electron chi connectivity index (χ3n) is 5.93. The van der Waals surface area contributed by atoms with Gasteiger partial charge in [0, 0.05) is 22.3 Å². The van der Waals surface area contributed by atoms with Crippen molar-refractivity contribution in [1.29, 1.82) is 0 Å². The van der Waals surface area contributed by atoms with Crippen molar-refractivity contribution >= 4 is 15.9 Å². The predicted octanol–water partition coefficient (Wildman–Crippen LogP) is 7.35. The van der Waals surface area contributed by atoms with Gasteiger partial charge in [-0.3, -0.25) is 0 Å². The van der Waals surface area contributed by atoms with E-state index in [9.17, 15) is 0 Å². The minimum absolute atomic E-state index is 0.508. The summed E-state index contributed by atoms with van der Waals surface area (Å²) in [7, 11) is 0. The minimum atomic E-state index is -0.508. The molecule has 1 spiro atoms. The standard InChI is InChI=1S/C26H17BrO2/c1-16-13-14-19-24(15-16)28-22-11-4-2-7-17(22)26(19)18-8-3-5-12-23(18)29-25-20(26)9-6-10-21(25)27/h2-15H,1H3. The van der Waals surface area contributed by atoms with Crippen molar-refractivity contribution < 1.29 is 9.47 Å². The molecule has 4 aromatic carbocycles. The maximum Gasteiger partial charge on any atom is 0.146 e. The Kier molecular flexibility index (Phi) is 3.48. The van der Waals surface area contributed by atoms with E-state index in [1.807, 2.05) is 24.3 Å². The van der Waals surface area contributed by atoms with Crippen molar-refractivity contribution in [3.8, 4) is 23.0 Å². The molecule has 29 heavy (non-hydrogen) atoms. The van der Waals surface area contributed by atoms with Crippen molar-refractivity contribution in [2.75, 3.05) is 0 Å². The van der Waals surface area contributed by atoms with E-state index in [0.29, 0.717) is 0 Å². The first-order valence-corrected chi connectivity index (χ1v) is 10.4. The topological polar surface area (TPSA) is 18.5 Å². The van der Waals surface area contributed by atoms with E-state index in [-0.39, 0.29) is 0 Å². The number of halogens is 1. The van der Waals surface area contributed by atoms with E-state index in [2.05, 4.69) is 83.5 Å². The van der Waals surface area contributed by atoms with Crippen LogP contribution in [0.4, 0.5) is 0 Å². The lowest BCUT2D eigenvalue weighted by Gasteiger charge is -2.45. The van der Waals surface area contributed by atoms with Gasteiger partial charge in [-0.2, -0.15) is 0 Å². The summed E-state index contributed by atoms with van der Waals surface area (Å²) in [6.07, 6.45) is 0. The van der Waals surface area contributed by atoms with Crippen LogP contribution in [0.15, 0.2) is 89.4 Å². The Labute approximate surface area is 177 Å². The van der Waals surface area contributed by atoms with Crippen LogP contribution in [0.1, 0.15) is 27.8 Å². The largest absolute Gasteiger partial charge is 0.457 e. The highest BCUT2D eigenvalue weighted by Gasteiger charge is 2.50. The molecule has 1 atom stereocenters. The predicted molar refractivity (Wildman–Crippen MR) is 117 cm³/mol. The van der Waals surface area contributed by atoms with Crippen molar-refractivity contribution in [2.45, 2.75) is 12.3 Å². The molecule has 2 heterocycles. The van der Waals surface area contributed by atoms with Crippen LogP contribution in [0.2, 0.25) is 0 Å². The Hall–Kier alpha value is -3.04. The number of hydrogen-bond donors (Lipinski definition) is 0. The smallest absolute Gasteiger partial charge is 0.146 e. The summed E-state index contributed by atoms with van der Waals surface area (Å²) in [5, 5.41) is 0. The molecule has 0 fully saturated rings. The fraction of sp³-hybridized carbons (Fsp3) is 0.0769. The number of benzene rings is 4. The molecule has 2 aliphatic rings. The van der Waals surface area contributed by atoms with E-state index < -0.39 is 5.41 Å². The van der Waals surface area contributed by atoms with Gasteiger partial charge in [0.2, 0.25) is 0 Å². The zero-order chi connectivity index (χ0) is 19.6. The molecule has 2 nitrogen and oxygen atoms in total. The Morgan fingerprint density at radius 3 is 2.00 bits per heavy atom. The number of fused-ring (bicyclic) bond motifs is 8. The molecule has 6 rings (SSSR count). The van der Waals surface area contributed by atoms with Gasteiger partial charge in [0.15, 0.2) is 0 Å². The monoisotopic (exact) mass is 440 g/mol. The highest BCUT2D eigenvalue weighted by atomic mass is 79.9. The summed E-state index contributed by atoms with van der Waals surface area (Å²) in [4.78, 5) is 0. The average molecular weight is 441 g/mol. The summed E-state index contributed by atoms with van der Waals surface area (Å²) >= 11 is 3.72. The molecule has 4 aromatic rings. The Bertz CT molecular complexity index is 1280. The quantitative estimate of drug-likeness (QED) is 0.245. The lowest BCUT2D eigenvalue weighted by molar-refractivity contribution is 0.398. The highest BCUT2D eigenvalue weighted by Crippen LogP contribution is 2.62. The summed E-state index contributed by atoms with van der Waals surface area (Å²) in [5.41, 5.74) is 5.18. The fourth-order valence-electron chi connectivity index (χ4n) is 4.76. The molecule has 0 saturated carbocycles. The van der Waals surface area contributed by atoms with Gasteiger partial charge >= 0.3 is 0 Å². The van der Waals surface area contributed by atoms with Crippen LogP contribution in [0.5, 0.6) is 23.0 Å². The van der Waals surface area contributed by atoms with Crippen molar-refractivity contribution in [3.05, 3.63) is 117 Å². The second-order valence-electron chi connectivity index (χ2n) is 7.56. The number of ether oxygens (including phenoxy) is 2. The Balaban J connectivity index is 1.85. The maximum atomic E-state index is 6.40. The van der Waals surface area contributed by atoms with Gasteiger partial charge in [0.05, 0.1) is 9.89 Å². The van der Waals surface area contributed by atoms with Crippen LogP contribution >= 0.6 is 15.9 Å². The maximum absolute atomic E-state index is 6.40. The van der Waals surface area contributed by atoms with Gasteiger partial charge in [-0.15, -0.1) is 0 Å². The lowest BCUT2D eigenvalue weighted by atomic mass is 9.62. The third-order valence-corrected chi connectivity index (χ3v) is 6.55. The zero-order valence-corrected chi connectivity index (χ0v) is 17.4. The van der Waals surface area contributed by atoms with Gasteiger partial charge < -0.3 is 9.47 Å². The molecule has 0 aliphatic carbocycles. The summed E-state index contributed by atoms with van der Waals surface area (Å²) < 4.78 is 13.7. The SMILES string of the molecule is Cc1ccc2c(c1)Oc1ccccc1C21c2ccccc2Oc2c(Br)cccc21. The van der Waals surface area contributed by atoms with Crippen LogP contribution in [0.3, 0.4) is 0 Å². The highest BCUT2D eigenvalue weighted by molar-refractivity contribution is 9.10. The summed E-state index contributed by atoms with van der Waals surface area (Å²) in [6, 6.07) is 29.4. The lowest BCUT2D eigenvalue weighted by Crippen LogP contribution is -2.36. The number of rotatable bonds is 0. The van der Waals surface area contributed by atoms with Gasteiger partial charge in [-0.1, -0.05) is 60.7 Å². The van der Waals surface area contributed by atoms with Crippen LogP contribution in [-0.2, 0) is 5.41 Å². The molecule has 0 bridgehead atoms. The Morgan fingerprint density at radius 1 is 0.621 bits per heavy atom. The summed E-state index contributed by atoms with van der Waals surface area (Å²) in [6.45, 7) is 2.10. The molecular formula is C26H17BrO2. The van der Waals surface area contributed by atoms with Gasteiger partial charge in [0.1, 0.15) is 23.0 Å². The third kappa shape index (κ3) is 2.16. The van der Waals surface area contributed by atoms with Crippen LogP contribution in [0.25, 0.3) is 0 Å². The molecule has 0 N–H and O–H groups in total. The number of hydrogen-bond acceptors (Lipinski definition) is 2. The first-order valence-electron chi connectivity index (χ1n) is 9.64. The molecule has 140 valence electrons. The zero-order valence-electron chi connectivity index (χ0n) is 15.8. The van der Waals surface area contributed by atoms with Gasteiger partial charge in [-0.25, -0.2) is 0 Å². The molecule has 0 saturated heterocycles. The molecule has 0 amide bonds. The fourth-order valence-corrected chi connectivity index (χ4v) is 5.21. The van der Waals surface area contributed by atoms with Crippen LogP contribution in [-0.4, -0.2) is 0 Å². The van der Waals surface area contributed by atoms with E-state index in [1.165, 1.54) is 5.56 Å². The second-order valence-corrected chi connectivity index (χ2v) is 8.42. The van der Waals surface area contributed by atoms with Crippen molar-refractivity contribution in [1.82, 2.24) is 0 Å². The molecular weight excluding hydrogens is 424 g/mol. The van der Waals surface area contributed by atoms with Crippen molar-refractivity contribution in [2.24, 2.45) is 0 Å². The number of para-hydroxylation sites is 3. The Morgan fingerprint density at radius 2 is 1.24 bits per heavy atom. The second kappa shape index (κ2) is 5.98. The molecule has 0 aromatic heterocycles. The van der Waals surface area contributed by atoms with E-state index in [1.54, 1.807) is 0 Å². The van der Waals surface area contributed by atoms with Crippen LogP contribution in [0, 0.1) is 6.92 Å². The van der Waals surface area contributed by atoms with E-state index in [0.717, 1.165) is 49.7 Å². The molecule has 3 heteroatoms. The van der Waals surface area contributed by atoms with E-state index >= 15 is 0 Å². The van der Waals surface area contributed by atoms with Crippen LogP contribution < -0.4 is 9.47 Å². The average Bonchev–Trinajstić information content (AvgIpc) is 2.74. The first kappa shape index (κ1) is 16.9. The molecule has 0 radical (unpaired) electrons. The summed E-state index contributed by atoms with van der Waals surface area (Å²) in [5.74, 6) is 3.50. The van der Waals surface area contributed by atoms with Gasteiger partial charge in [-0.05, 0) is 52.7 Å². The van der Waals surface area contributed by atoms with Crippen molar-refractivity contribution in [3.63, 3.8) is 0 Å². The minimum Gasteiger partial charge on any atom is -0.457 e. The normalized spacial score (nSPS) is 18.0.